The molecule has 4 N–H and O–H groups in total. The van der Waals surface area contributed by atoms with E-state index in [1.807, 2.05) is 0 Å². The minimum absolute atomic E-state index is 0.189. The number of aliphatic hydroxyl groups excluding tert-OH is 4. The molecule has 23 heavy (non-hydrogen) atoms. The van der Waals surface area contributed by atoms with E-state index in [1.165, 1.54) is 12.1 Å². The predicted octanol–water partition coefficient (Wildman–Crippen LogP) is -2.37. The molecule has 0 spiro atoms. The van der Waals surface area contributed by atoms with Gasteiger partial charge in [0.05, 0.1) is 12.6 Å². The van der Waals surface area contributed by atoms with Gasteiger partial charge in [-0.15, -0.1) is 0 Å². The summed E-state index contributed by atoms with van der Waals surface area (Å²) < 4.78 is 10.7. The SMILES string of the molecule is O=C([O-])/C=C/c1ccccc1O[C@@H]1O[C@H](CO)[C@@H](O)[C@H](O)[C@H]1O. The molecule has 1 aliphatic heterocycles. The first-order valence-electron chi connectivity index (χ1n) is 6.89. The van der Waals surface area contributed by atoms with E-state index in [0.29, 0.717) is 5.56 Å². The number of aliphatic carboxylic acids is 1. The first-order valence-corrected chi connectivity index (χ1v) is 6.89. The molecule has 1 fully saturated rings. The summed E-state index contributed by atoms with van der Waals surface area (Å²) in [4.78, 5) is 10.5. The third kappa shape index (κ3) is 4.06. The van der Waals surface area contributed by atoms with Crippen LogP contribution in [0.3, 0.4) is 0 Å². The fourth-order valence-electron chi connectivity index (χ4n) is 2.17. The predicted molar refractivity (Wildman–Crippen MR) is 74.9 cm³/mol. The molecule has 0 radical (unpaired) electrons. The van der Waals surface area contributed by atoms with Crippen LogP contribution in [-0.4, -0.2) is 63.7 Å². The van der Waals surface area contributed by atoms with Gasteiger partial charge in [-0.2, -0.15) is 0 Å². The third-order valence-electron chi connectivity index (χ3n) is 3.41. The smallest absolute Gasteiger partial charge is 0.229 e. The number of carboxylic acids is 1. The molecule has 0 saturated carbocycles. The average Bonchev–Trinajstić information content (AvgIpc) is 2.54. The summed E-state index contributed by atoms with van der Waals surface area (Å²) in [5, 5.41) is 49.0. The number of carbonyl (C=O) groups excluding carboxylic acids is 1. The van der Waals surface area contributed by atoms with Crippen LogP contribution in [0.2, 0.25) is 0 Å². The van der Waals surface area contributed by atoms with E-state index in [2.05, 4.69) is 0 Å². The molecule has 8 nitrogen and oxygen atoms in total. The highest BCUT2D eigenvalue weighted by Gasteiger charge is 2.44. The van der Waals surface area contributed by atoms with Crippen molar-refractivity contribution in [3.05, 3.63) is 35.9 Å². The van der Waals surface area contributed by atoms with Gasteiger partial charge in [-0.25, -0.2) is 0 Å². The van der Waals surface area contributed by atoms with Crippen molar-refractivity contribution in [1.82, 2.24) is 0 Å². The lowest BCUT2D eigenvalue weighted by Crippen LogP contribution is -2.60. The first kappa shape index (κ1) is 17.4. The highest BCUT2D eigenvalue weighted by atomic mass is 16.7. The van der Waals surface area contributed by atoms with E-state index in [9.17, 15) is 25.2 Å². The molecule has 0 amide bonds. The number of carboxylic acid groups (broad SMARTS) is 1. The zero-order valence-electron chi connectivity index (χ0n) is 12.0. The first-order chi connectivity index (χ1) is 10.9. The van der Waals surface area contributed by atoms with Crippen LogP contribution in [0.25, 0.3) is 6.08 Å². The second kappa shape index (κ2) is 7.53. The van der Waals surface area contributed by atoms with Gasteiger partial charge in [0.15, 0.2) is 0 Å². The van der Waals surface area contributed by atoms with E-state index < -0.39 is 43.3 Å². The maximum absolute atomic E-state index is 10.5. The number of para-hydroxylation sites is 1. The van der Waals surface area contributed by atoms with Crippen molar-refractivity contribution >= 4 is 12.0 Å². The molecule has 1 heterocycles. The van der Waals surface area contributed by atoms with Crippen LogP contribution >= 0.6 is 0 Å². The Balaban J connectivity index is 2.19. The van der Waals surface area contributed by atoms with E-state index >= 15 is 0 Å². The van der Waals surface area contributed by atoms with E-state index in [1.54, 1.807) is 18.2 Å². The van der Waals surface area contributed by atoms with Crippen LogP contribution in [0.5, 0.6) is 5.75 Å². The van der Waals surface area contributed by atoms with Crippen LogP contribution < -0.4 is 9.84 Å². The van der Waals surface area contributed by atoms with Gasteiger partial charge in [0, 0.05) is 5.56 Å². The molecule has 1 aromatic carbocycles. The Morgan fingerprint density at radius 2 is 1.91 bits per heavy atom. The Morgan fingerprint density at radius 3 is 2.57 bits per heavy atom. The molecule has 0 bridgehead atoms. The van der Waals surface area contributed by atoms with Gasteiger partial charge in [-0.1, -0.05) is 18.2 Å². The molecule has 0 aromatic heterocycles. The van der Waals surface area contributed by atoms with Gasteiger partial charge in [-0.05, 0) is 18.2 Å². The van der Waals surface area contributed by atoms with Crippen molar-refractivity contribution in [2.75, 3.05) is 6.61 Å². The van der Waals surface area contributed by atoms with Gasteiger partial charge in [-0.3, -0.25) is 0 Å². The van der Waals surface area contributed by atoms with Crippen molar-refractivity contribution in [3.8, 4) is 5.75 Å². The highest BCUT2D eigenvalue weighted by molar-refractivity contribution is 5.84. The minimum atomic E-state index is -1.56. The number of hydrogen-bond acceptors (Lipinski definition) is 8. The van der Waals surface area contributed by atoms with Crippen LogP contribution in [0, 0.1) is 0 Å². The number of carbonyl (C=O) groups is 1. The number of rotatable bonds is 5. The molecule has 1 aromatic rings. The molecular weight excluding hydrogens is 308 g/mol. The van der Waals surface area contributed by atoms with Crippen LogP contribution in [-0.2, 0) is 9.53 Å². The lowest BCUT2D eigenvalue weighted by molar-refractivity contribution is -0.297. The van der Waals surface area contributed by atoms with Gasteiger partial charge in [0.2, 0.25) is 6.29 Å². The number of ether oxygens (including phenoxy) is 2. The lowest BCUT2D eigenvalue weighted by atomic mass is 9.99. The number of aliphatic hydroxyl groups is 4. The second-order valence-electron chi connectivity index (χ2n) is 5.01. The number of hydrogen-bond donors (Lipinski definition) is 4. The Morgan fingerprint density at radius 1 is 1.22 bits per heavy atom. The molecule has 0 unspecified atom stereocenters. The van der Waals surface area contributed by atoms with E-state index in [0.717, 1.165) is 6.08 Å². The molecule has 8 heteroatoms. The van der Waals surface area contributed by atoms with Gasteiger partial charge < -0.3 is 39.8 Å². The minimum Gasteiger partial charge on any atom is -0.545 e. The van der Waals surface area contributed by atoms with Gasteiger partial charge >= 0.3 is 0 Å². The third-order valence-corrected chi connectivity index (χ3v) is 3.41. The molecule has 0 aliphatic carbocycles. The topological polar surface area (TPSA) is 140 Å². The zero-order valence-corrected chi connectivity index (χ0v) is 12.0. The molecule has 1 aliphatic rings. The normalized spacial score (nSPS) is 31.2. The Bertz CT molecular complexity index is 570. The fourth-order valence-corrected chi connectivity index (χ4v) is 2.17. The average molecular weight is 325 g/mol. The standard InChI is InChI=1S/C15H18O8/c16-7-10-12(19)13(20)14(21)15(23-10)22-9-4-2-1-3-8(9)5-6-11(17)18/h1-6,10,12-16,19-21H,7H2,(H,17,18)/p-1/b6-5+/t10-,12-,13+,14-,15-/m1/s1. The van der Waals surface area contributed by atoms with Gasteiger partial charge in [0.1, 0.15) is 30.2 Å². The Hall–Kier alpha value is -1.97. The summed E-state index contributed by atoms with van der Waals surface area (Å²) >= 11 is 0. The van der Waals surface area contributed by atoms with Crippen molar-refractivity contribution in [2.45, 2.75) is 30.7 Å². The summed E-state index contributed by atoms with van der Waals surface area (Å²) in [6, 6.07) is 6.35. The summed E-state index contributed by atoms with van der Waals surface area (Å²) in [6.45, 7) is -0.572. The quantitative estimate of drug-likeness (QED) is 0.440. The molecule has 5 atom stereocenters. The largest absolute Gasteiger partial charge is 0.545 e. The molecule has 1 saturated heterocycles. The second-order valence-corrected chi connectivity index (χ2v) is 5.01. The zero-order chi connectivity index (χ0) is 17.0. The fraction of sp³-hybridized carbons (Fsp3) is 0.400. The van der Waals surface area contributed by atoms with Crippen molar-refractivity contribution in [3.63, 3.8) is 0 Å². The Labute approximate surface area is 131 Å². The molecule has 126 valence electrons. The Kier molecular flexibility index (Phi) is 5.69. The van der Waals surface area contributed by atoms with Crippen molar-refractivity contribution in [1.29, 1.82) is 0 Å². The molecular formula is C15H17O8-. The van der Waals surface area contributed by atoms with Crippen LogP contribution in [0.15, 0.2) is 30.3 Å². The van der Waals surface area contributed by atoms with Crippen LogP contribution in [0.4, 0.5) is 0 Å². The van der Waals surface area contributed by atoms with E-state index in [4.69, 9.17) is 14.6 Å². The number of benzene rings is 1. The summed E-state index contributed by atoms with van der Waals surface area (Å²) in [5.74, 6) is -1.19. The maximum atomic E-state index is 10.5. The van der Waals surface area contributed by atoms with Crippen molar-refractivity contribution < 1.29 is 39.8 Å². The monoisotopic (exact) mass is 325 g/mol. The highest BCUT2D eigenvalue weighted by Crippen LogP contribution is 2.27. The molecule has 2 rings (SSSR count). The summed E-state index contributed by atoms with van der Waals surface area (Å²) in [6.07, 6.45) is -4.97. The summed E-state index contributed by atoms with van der Waals surface area (Å²) in [5.41, 5.74) is 0.383. The lowest BCUT2D eigenvalue weighted by Gasteiger charge is -2.39. The maximum Gasteiger partial charge on any atom is 0.229 e. The van der Waals surface area contributed by atoms with Gasteiger partial charge in [0.25, 0.3) is 0 Å². The van der Waals surface area contributed by atoms with E-state index in [-0.39, 0.29) is 5.75 Å². The summed E-state index contributed by atoms with van der Waals surface area (Å²) in [7, 11) is 0. The van der Waals surface area contributed by atoms with Crippen LogP contribution in [0.1, 0.15) is 5.56 Å². The van der Waals surface area contributed by atoms with Crippen molar-refractivity contribution in [2.24, 2.45) is 0 Å².